The Bertz CT molecular complexity index is 1240. The van der Waals surface area contributed by atoms with Gasteiger partial charge in [-0.25, -0.2) is 13.4 Å². The fourth-order valence-electron chi connectivity index (χ4n) is 3.13. The Labute approximate surface area is 181 Å². The molecule has 2 heterocycles. The molecule has 0 radical (unpaired) electrons. The third-order valence-corrected chi connectivity index (χ3v) is 6.60. The maximum atomic E-state index is 13.3. The zero-order valence-electron chi connectivity index (χ0n) is 17.4. The van der Waals surface area contributed by atoms with E-state index >= 15 is 0 Å². The van der Waals surface area contributed by atoms with Crippen molar-refractivity contribution in [1.29, 1.82) is 0 Å². The van der Waals surface area contributed by atoms with Crippen LogP contribution in [0.25, 0.3) is 11.5 Å². The molecule has 0 aliphatic rings. The van der Waals surface area contributed by atoms with Gasteiger partial charge < -0.3 is 14.3 Å². The Morgan fingerprint density at radius 1 is 1.00 bits per heavy atom. The van der Waals surface area contributed by atoms with Crippen molar-refractivity contribution in [2.24, 2.45) is 0 Å². The zero-order chi connectivity index (χ0) is 21.8. The maximum absolute atomic E-state index is 13.3. The molecule has 0 aliphatic heterocycles. The number of nitrogens with one attached hydrogen (secondary N) is 1. The fraction of sp³-hybridized carbons (Fsp3) is 0.217. The highest BCUT2D eigenvalue weighted by molar-refractivity contribution is 7.91. The SMILES string of the molecule is Cc1ccc(-c2nc(S(=O)(=O)c3ccc(C)cc3)c(NCCCn3ccnc3)o2)cc1. The van der Waals surface area contributed by atoms with Gasteiger partial charge in [0.2, 0.25) is 26.6 Å². The number of aromatic nitrogens is 3. The van der Waals surface area contributed by atoms with Gasteiger partial charge >= 0.3 is 0 Å². The molecule has 0 amide bonds. The van der Waals surface area contributed by atoms with Crippen LogP contribution in [0.4, 0.5) is 5.88 Å². The number of hydrogen-bond donors (Lipinski definition) is 1. The van der Waals surface area contributed by atoms with Crippen molar-refractivity contribution in [2.75, 3.05) is 11.9 Å². The molecule has 31 heavy (non-hydrogen) atoms. The summed E-state index contributed by atoms with van der Waals surface area (Å²) in [5, 5.41) is 3.02. The number of imidazole rings is 1. The van der Waals surface area contributed by atoms with E-state index in [0.717, 1.165) is 29.7 Å². The van der Waals surface area contributed by atoms with Crippen LogP contribution in [0.3, 0.4) is 0 Å². The summed E-state index contributed by atoms with van der Waals surface area (Å²) in [7, 11) is -3.84. The van der Waals surface area contributed by atoms with Crippen molar-refractivity contribution < 1.29 is 12.8 Å². The first-order valence-electron chi connectivity index (χ1n) is 10.0. The normalized spacial score (nSPS) is 11.5. The highest BCUT2D eigenvalue weighted by Gasteiger charge is 2.28. The van der Waals surface area contributed by atoms with Crippen LogP contribution in [0.5, 0.6) is 0 Å². The van der Waals surface area contributed by atoms with E-state index < -0.39 is 9.84 Å². The van der Waals surface area contributed by atoms with Crippen molar-refractivity contribution >= 4 is 15.7 Å². The van der Waals surface area contributed by atoms with Crippen molar-refractivity contribution in [1.82, 2.24) is 14.5 Å². The molecule has 0 fully saturated rings. The van der Waals surface area contributed by atoms with Gasteiger partial charge in [0.15, 0.2) is 0 Å². The lowest BCUT2D eigenvalue weighted by molar-refractivity contribution is 0.571. The zero-order valence-corrected chi connectivity index (χ0v) is 18.3. The minimum atomic E-state index is -3.84. The van der Waals surface area contributed by atoms with Crippen LogP contribution >= 0.6 is 0 Å². The predicted molar refractivity (Wildman–Crippen MR) is 119 cm³/mol. The second-order valence-electron chi connectivity index (χ2n) is 7.42. The van der Waals surface area contributed by atoms with Crippen molar-refractivity contribution in [3.05, 3.63) is 78.4 Å². The van der Waals surface area contributed by atoms with E-state index in [9.17, 15) is 8.42 Å². The standard InChI is InChI=1S/C23H24N4O3S/c1-17-4-8-19(9-5-17)21-26-23(31(28,29)20-10-6-18(2)7-11-20)22(30-21)25-12-3-14-27-15-13-24-16-27/h4-11,13,15-16,25H,3,12,14H2,1-2H3. The van der Waals surface area contributed by atoms with Gasteiger partial charge in [0.05, 0.1) is 11.2 Å². The van der Waals surface area contributed by atoms with E-state index in [1.807, 2.05) is 48.9 Å². The number of oxazole rings is 1. The molecule has 0 aliphatic carbocycles. The molecule has 2 aromatic carbocycles. The van der Waals surface area contributed by atoms with E-state index in [-0.39, 0.29) is 21.7 Å². The van der Waals surface area contributed by atoms with Crippen LogP contribution in [0.2, 0.25) is 0 Å². The lowest BCUT2D eigenvalue weighted by atomic mass is 10.1. The summed E-state index contributed by atoms with van der Waals surface area (Å²) >= 11 is 0. The second kappa shape index (κ2) is 8.77. The van der Waals surface area contributed by atoms with Gasteiger partial charge in [-0.05, 0) is 44.5 Å². The number of anilines is 1. The van der Waals surface area contributed by atoms with Gasteiger partial charge in [0.25, 0.3) is 0 Å². The summed E-state index contributed by atoms with van der Waals surface area (Å²) in [6.07, 6.45) is 6.12. The van der Waals surface area contributed by atoms with Crippen molar-refractivity contribution in [3.8, 4) is 11.5 Å². The third-order valence-electron chi connectivity index (χ3n) is 4.92. The highest BCUT2D eigenvalue weighted by atomic mass is 32.2. The summed E-state index contributed by atoms with van der Waals surface area (Å²) in [5.41, 5.74) is 2.80. The molecule has 160 valence electrons. The van der Waals surface area contributed by atoms with Crippen LogP contribution in [0.1, 0.15) is 17.5 Å². The first-order valence-corrected chi connectivity index (χ1v) is 11.5. The Morgan fingerprint density at radius 2 is 1.68 bits per heavy atom. The molecular formula is C23H24N4O3S. The minimum absolute atomic E-state index is 0.102. The topological polar surface area (TPSA) is 90.0 Å². The molecule has 2 aromatic heterocycles. The van der Waals surface area contributed by atoms with E-state index in [0.29, 0.717) is 6.54 Å². The Morgan fingerprint density at radius 3 is 2.32 bits per heavy atom. The Balaban J connectivity index is 1.64. The average molecular weight is 437 g/mol. The Kier molecular flexibility index (Phi) is 5.90. The summed E-state index contributed by atoms with van der Waals surface area (Å²) in [4.78, 5) is 8.58. The molecular weight excluding hydrogens is 412 g/mol. The van der Waals surface area contributed by atoms with Gasteiger partial charge in [-0.1, -0.05) is 35.4 Å². The summed E-state index contributed by atoms with van der Waals surface area (Å²) in [5.74, 6) is 0.421. The summed E-state index contributed by atoms with van der Waals surface area (Å²) < 4.78 is 34.5. The van der Waals surface area contributed by atoms with Crippen LogP contribution in [0, 0.1) is 13.8 Å². The van der Waals surface area contributed by atoms with Gasteiger partial charge in [0, 0.05) is 31.0 Å². The minimum Gasteiger partial charge on any atom is -0.419 e. The maximum Gasteiger partial charge on any atom is 0.233 e. The van der Waals surface area contributed by atoms with E-state index in [1.54, 1.807) is 36.8 Å². The molecule has 0 spiro atoms. The predicted octanol–water partition coefficient (Wildman–Crippen LogP) is 4.49. The molecule has 7 nitrogen and oxygen atoms in total. The number of rotatable bonds is 8. The number of sulfone groups is 1. The molecule has 0 atom stereocenters. The summed E-state index contributed by atoms with van der Waals surface area (Å²) in [6.45, 7) is 5.18. The van der Waals surface area contributed by atoms with Gasteiger partial charge in [-0.2, -0.15) is 4.98 Å². The monoisotopic (exact) mass is 436 g/mol. The molecule has 0 unspecified atom stereocenters. The lowest BCUT2D eigenvalue weighted by Crippen LogP contribution is -2.10. The molecule has 0 bridgehead atoms. The summed E-state index contributed by atoms with van der Waals surface area (Å²) in [6, 6.07) is 14.3. The largest absolute Gasteiger partial charge is 0.419 e. The average Bonchev–Trinajstić information content (AvgIpc) is 3.42. The van der Waals surface area contributed by atoms with Crippen molar-refractivity contribution in [3.63, 3.8) is 0 Å². The lowest BCUT2D eigenvalue weighted by Gasteiger charge is -2.07. The Hall–Kier alpha value is -3.39. The third kappa shape index (κ3) is 4.69. The van der Waals surface area contributed by atoms with Crippen LogP contribution < -0.4 is 5.32 Å². The van der Waals surface area contributed by atoms with E-state index in [4.69, 9.17) is 4.42 Å². The molecule has 4 aromatic rings. The molecule has 4 rings (SSSR count). The second-order valence-corrected chi connectivity index (χ2v) is 9.28. The molecule has 8 heteroatoms. The molecule has 0 saturated carbocycles. The molecule has 1 N–H and O–H groups in total. The van der Waals surface area contributed by atoms with Crippen LogP contribution in [0.15, 0.2) is 81.6 Å². The molecule has 0 saturated heterocycles. The van der Waals surface area contributed by atoms with Gasteiger partial charge in [-0.15, -0.1) is 0 Å². The van der Waals surface area contributed by atoms with E-state index in [2.05, 4.69) is 15.3 Å². The number of hydrogen-bond acceptors (Lipinski definition) is 6. The first-order chi connectivity index (χ1) is 14.9. The fourth-order valence-corrected chi connectivity index (χ4v) is 4.41. The number of aryl methyl sites for hydroxylation is 3. The smallest absolute Gasteiger partial charge is 0.233 e. The van der Waals surface area contributed by atoms with Crippen LogP contribution in [-0.2, 0) is 16.4 Å². The quantitative estimate of drug-likeness (QED) is 0.409. The van der Waals surface area contributed by atoms with Crippen LogP contribution in [-0.4, -0.2) is 29.5 Å². The van der Waals surface area contributed by atoms with E-state index in [1.165, 1.54) is 0 Å². The number of benzene rings is 2. The van der Waals surface area contributed by atoms with Gasteiger partial charge in [0.1, 0.15) is 0 Å². The van der Waals surface area contributed by atoms with Gasteiger partial charge in [-0.3, -0.25) is 0 Å². The highest BCUT2D eigenvalue weighted by Crippen LogP contribution is 2.32. The van der Waals surface area contributed by atoms with Crippen molar-refractivity contribution in [2.45, 2.75) is 36.7 Å². The first kappa shape index (κ1) is 20.9. The number of nitrogens with zero attached hydrogens (tertiary/aromatic N) is 3.